The van der Waals surface area contributed by atoms with E-state index in [9.17, 15) is 9.59 Å². The van der Waals surface area contributed by atoms with Crippen molar-refractivity contribution in [1.82, 2.24) is 20.2 Å². The number of aromatic nitrogens is 2. The van der Waals surface area contributed by atoms with E-state index in [2.05, 4.69) is 39.6 Å². The molecule has 4 rings (SSSR count). The first-order valence-electron chi connectivity index (χ1n) is 10.5. The van der Waals surface area contributed by atoms with E-state index in [0.29, 0.717) is 38.0 Å². The van der Waals surface area contributed by atoms with Crippen molar-refractivity contribution in [3.8, 4) is 11.1 Å². The summed E-state index contributed by atoms with van der Waals surface area (Å²) >= 11 is 0. The molecule has 0 bridgehead atoms. The number of piperidine rings is 1. The molecule has 2 aromatic carbocycles. The van der Waals surface area contributed by atoms with E-state index in [1.54, 1.807) is 18.1 Å². The molecule has 0 unspecified atom stereocenters. The standard InChI is InChI=1S/C25H26N4O2/c1-26-24(31)25(11-15-29(16-12-25)23(30)22-18-27-13-14-28-22)17-20-9-5-6-10-21(20)19-7-3-2-4-8-19/h2-10,13-14,18H,11-12,15-17H2,1H3,(H,26,31). The Labute approximate surface area is 182 Å². The Morgan fingerprint density at radius 1 is 1.00 bits per heavy atom. The van der Waals surface area contributed by atoms with Gasteiger partial charge < -0.3 is 10.2 Å². The van der Waals surface area contributed by atoms with Crippen molar-refractivity contribution in [2.45, 2.75) is 19.3 Å². The van der Waals surface area contributed by atoms with Crippen molar-refractivity contribution in [3.05, 3.63) is 84.4 Å². The highest BCUT2D eigenvalue weighted by atomic mass is 16.2. The number of hydrogen-bond acceptors (Lipinski definition) is 4. The van der Waals surface area contributed by atoms with Gasteiger partial charge in [0.1, 0.15) is 5.69 Å². The summed E-state index contributed by atoms with van der Waals surface area (Å²) in [6.07, 6.45) is 6.38. The first-order valence-corrected chi connectivity index (χ1v) is 10.5. The lowest BCUT2D eigenvalue weighted by molar-refractivity contribution is -0.133. The quantitative estimate of drug-likeness (QED) is 0.695. The first kappa shape index (κ1) is 20.7. The molecule has 0 atom stereocenters. The number of benzene rings is 2. The van der Waals surface area contributed by atoms with Gasteiger partial charge in [0.05, 0.1) is 11.6 Å². The fourth-order valence-electron chi connectivity index (χ4n) is 4.40. The summed E-state index contributed by atoms with van der Waals surface area (Å²) < 4.78 is 0. The van der Waals surface area contributed by atoms with Crippen LogP contribution in [0.15, 0.2) is 73.2 Å². The Bertz CT molecular complexity index is 1050. The van der Waals surface area contributed by atoms with Gasteiger partial charge in [0.15, 0.2) is 0 Å². The summed E-state index contributed by atoms with van der Waals surface area (Å²) in [5.41, 5.74) is 3.21. The molecule has 0 saturated carbocycles. The monoisotopic (exact) mass is 414 g/mol. The second-order valence-electron chi connectivity index (χ2n) is 7.94. The molecule has 6 heteroatoms. The molecule has 0 radical (unpaired) electrons. The second kappa shape index (κ2) is 9.08. The first-order chi connectivity index (χ1) is 15.1. The predicted molar refractivity (Wildman–Crippen MR) is 119 cm³/mol. The number of carbonyl (C=O) groups is 2. The van der Waals surface area contributed by atoms with Gasteiger partial charge >= 0.3 is 0 Å². The van der Waals surface area contributed by atoms with Crippen LogP contribution in [0.5, 0.6) is 0 Å². The maximum absolute atomic E-state index is 13.1. The van der Waals surface area contributed by atoms with Crippen molar-refractivity contribution < 1.29 is 9.59 Å². The molecule has 158 valence electrons. The normalized spacial score (nSPS) is 15.3. The zero-order chi connectivity index (χ0) is 21.7. The minimum absolute atomic E-state index is 0.0296. The molecule has 1 fully saturated rings. The summed E-state index contributed by atoms with van der Waals surface area (Å²) in [4.78, 5) is 35.7. The number of nitrogens with one attached hydrogen (secondary N) is 1. The second-order valence-corrected chi connectivity index (χ2v) is 7.94. The molecule has 1 aliphatic heterocycles. The van der Waals surface area contributed by atoms with E-state index in [4.69, 9.17) is 0 Å². The van der Waals surface area contributed by atoms with Crippen LogP contribution >= 0.6 is 0 Å². The lowest BCUT2D eigenvalue weighted by Gasteiger charge is -2.40. The van der Waals surface area contributed by atoms with Crippen LogP contribution in [0, 0.1) is 5.41 Å². The third-order valence-corrected chi connectivity index (χ3v) is 6.13. The molecule has 0 aliphatic carbocycles. The van der Waals surface area contributed by atoms with Crippen LogP contribution in [-0.2, 0) is 11.2 Å². The summed E-state index contributed by atoms with van der Waals surface area (Å²) in [5, 5.41) is 2.87. The fraction of sp³-hybridized carbons (Fsp3) is 0.280. The summed E-state index contributed by atoms with van der Waals surface area (Å²) in [5.74, 6) is -0.106. The van der Waals surface area contributed by atoms with Crippen LogP contribution in [0.1, 0.15) is 28.9 Å². The van der Waals surface area contributed by atoms with Crippen LogP contribution in [0.25, 0.3) is 11.1 Å². The molecule has 1 N–H and O–H groups in total. The number of hydrogen-bond donors (Lipinski definition) is 1. The van der Waals surface area contributed by atoms with Gasteiger partial charge in [0.2, 0.25) is 5.91 Å². The average Bonchev–Trinajstić information content (AvgIpc) is 2.85. The maximum atomic E-state index is 13.1. The molecule has 1 aromatic heterocycles. The van der Waals surface area contributed by atoms with Gasteiger partial charge in [-0.1, -0.05) is 54.6 Å². The SMILES string of the molecule is CNC(=O)C1(Cc2ccccc2-c2ccccc2)CCN(C(=O)c2cnccn2)CC1. The lowest BCUT2D eigenvalue weighted by atomic mass is 9.72. The smallest absolute Gasteiger partial charge is 0.274 e. The Kier molecular flexibility index (Phi) is 6.07. The van der Waals surface area contributed by atoms with Gasteiger partial charge in [-0.25, -0.2) is 4.98 Å². The zero-order valence-corrected chi connectivity index (χ0v) is 17.6. The maximum Gasteiger partial charge on any atom is 0.274 e. The van der Waals surface area contributed by atoms with E-state index < -0.39 is 5.41 Å². The highest BCUT2D eigenvalue weighted by Gasteiger charge is 2.42. The van der Waals surface area contributed by atoms with Gasteiger partial charge in [-0.3, -0.25) is 14.6 Å². The van der Waals surface area contributed by atoms with Crippen molar-refractivity contribution >= 4 is 11.8 Å². The third-order valence-electron chi connectivity index (χ3n) is 6.13. The van der Waals surface area contributed by atoms with Gasteiger partial charge in [-0.2, -0.15) is 0 Å². The largest absolute Gasteiger partial charge is 0.359 e. The summed E-state index contributed by atoms with van der Waals surface area (Å²) in [6.45, 7) is 1.02. The molecular weight excluding hydrogens is 388 g/mol. The van der Waals surface area contributed by atoms with E-state index >= 15 is 0 Å². The zero-order valence-electron chi connectivity index (χ0n) is 17.6. The van der Waals surface area contributed by atoms with Crippen molar-refractivity contribution in [2.75, 3.05) is 20.1 Å². The minimum atomic E-state index is -0.557. The van der Waals surface area contributed by atoms with E-state index in [1.807, 2.05) is 30.3 Å². The molecule has 6 nitrogen and oxygen atoms in total. The lowest BCUT2D eigenvalue weighted by Crippen LogP contribution is -2.50. The van der Waals surface area contributed by atoms with Crippen LogP contribution < -0.4 is 5.32 Å². The van der Waals surface area contributed by atoms with Gasteiger partial charge in [-0.05, 0) is 36.0 Å². The Hall–Kier alpha value is -3.54. The molecule has 1 saturated heterocycles. The molecular formula is C25H26N4O2. The molecule has 31 heavy (non-hydrogen) atoms. The average molecular weight is 415 g/mol. The van der Waals surface area contributed by atoms with Crippen LogP contribution in [0.4, 0.5) is 0 Å². The van der Waals surface area contributed by atoms with Gasteiger partial charge in [0, 0.05) is 32.5 Å². The number of carbonyl (C=O) groups excluding carboxylic acids is 2. The van der Waals surface area contributed by atoms with E-state index in [-0.39, 0.29) is 11.8 Å². The highest BCUT2D eigenvalue weighted by molar-refractivity contribution is 5.92. The minimum Gasteiger partial charge on any atom is -0.359 e. The summed E-state index contributed by atoms with van der Waals surface area (Å²) in [6, 6.07) is 18.5. The topological polar surface area (TPSA) is 75.2 Å². The molecule has 2 heterocycles. The molecule has 0 spiro atoms. The van der Waals surface area contributed by atoms with Gasteiger partial charge in [-0.15, -0.1) is 0 Å². The van der Waals surface area contributed by atoms with Crippen molar-refractivity contribution in [2.24, 2.45) is 5.41 Å². The fourth-order valence-corrected chi connectivity index (χ4v) is 4.40. The molecule has 3 aromatic rings. The number of nitrogens with zero attached hydrogens (tertiary/aromatic N) is 3. The Morgan fingerprint density at radius 2 is 1.71 bits per heavy atom. The molecule has 2 amide bonds. The third kappa shape index (κ3) is 4.33. The number of rotatable bonds is 5. The van der Waals surface area contributed by atoms with Crippen LogP contribution in [0.2, 0.25) is 0 Å². The highest BCUT2D eigenvalue weighted by Crippen LogP contribution is 2.38. The summed E-state index contributed by atoms with van der Waals surface area (Å²) in [7, 11) is 1.68. The van der Waals surface area contributed by atoms with E-state index in [1.165, 1.54) is 12.4 Å². The van der Waals surface area contributed by atoms with Crippen LogP contribution in [-0.4, -0.2) is 46.8 Å². The van der Waals surface area contributed by atoms with Crippen molar-refractivity contribution in [3.63, 3.8) is 0 Å². The van der Waals surface area contributed by atoms with Crippen molar-refractivity contribution in [1.29, 1.82) is 0 Å². The van der Waals surface area contributed by atoms with Crippen LogP contribution in [0.3, 0.4) is 0 Å². The number of amides is 2. The van der Waals surface area contributed by atoms with Gasteiger partial charge in [0.25, 0.3) is 5.91 Å². The predicted octanol–water partition coefficient (Wildman–Crippen LogP) is 3.35. The Balaban J connectivity index is 1.58. The molecule has 1 aliphatic rings. The Morgan fingerprint density at radius 3 is 2.39 bits per heavy atom. The van der Waals surface area contributed by atoms with E-state index in [0.717, 1.165) is 16.7 Å². The number of likely N-dealkylation sites (tertiary alicyclic amines) is 1.